The second-order valence-corrected chi connectivity index (χ2v) is 3.93. The molecule has 0 saturated carbocycles. The van der Waals surface area contributed by atoms with E-state index in [1.165, 1.54) is 43.5 Å². The number of ketones is 2. The van der Waals surface area contributed by atoms with Crippen LogP contribution in [0.1, 0.15) is 27.8 Å². The second-order valence-electron chi connectivity index (χ2n) is 3.93. The maximum Gasteiger partial charge on any atom is 0.208 e. The van der Waals surface area contributed by atoms with Gasteiger partial charge in [0.25, 0.3) is 0 Å². The molecule has 1 unspecified atom stereocenters. The highest BCUT2D eigenvalue weighted by Crippen LogP contribution is 2.15. The molecule has 1 aromatic carbocycles. The molecule has 1 aromatic heterocycles. The summed E-state index contributed by atoms with van der Waals surface area (Å²) in [4.78, 5) is 23.9. The highest BCUT2D eigenvalue weighted by molar-refractivity contribution is 6.14. The van der Waals surface area contributed by atoms with Crippen LogP contribution in [0.25, 0.3) is 0 Å². The molecule has 0 aliphatic carbocycles. The standard InChI is InChI=1S/C14H11FO3/c1-9(14(17)12-3-2-8-18-12)13(16)10-4-6-11(15)7-5-10/h2-9H,1H3. The maximum absolute atomic E-state index is 12.7. The van der Waals surface area contributed by atoms with Crippen LogP contribution in [-0.2, 0) is 0 Å². The predicted molar refractivity (Wildman–Crippen MR) is 62.9 cm³/mol. The van der Waals surface area contributed by atoms with E-state index in [2.05, 4.69) is 0 Å². The molecule has 2 aromatic rings. The Morgan fingerprint density at radius 1 is 1.11 bits per heavy atom. The molecule has 0 fully saturated rings. The fourth-order valence-corrected chi connectivity index (χ4v) is 1.62. The molecule has 1 atom stereocenters. The lowest BCUT2D eigenvalue weighted by molar-refractivity contribution is 0.0803. The molecule has 0 spiro atoms. The SMILES string of the molecule is CC(C(=O)c1ccc(F)cc1)C(=O)c1ccco1. The van der Waals surface area contributed by atoms with Crippen LogP contribution in [-0.4, -0.2) is 11.6 Å². The minimum Gasteiger partial charge on any atom is -0.461 e. The number of rotatable bonds is 4. The number of Topliss-reactive ketones (excluding diaryl/α,β-unsaturated/α-hetero) is 2. The van der Waals surface area contributed by atoms with Gasteiger partial charge in [-0.3, -0.25) is 9.59 Å². The van der Waals surface area contributed by atoms with E-state index in [1.807, 2.05) is 0 Å². The lowest BCUT2D eigenvalue weighted by Gasteiger charge is -2.07. The van der Waals surface area contributed by atoms with E-state index < -0.39 is 11.7 Å². The summed E-state index contributed by atoms with van der Waals surface area (Å²) in [7, 11) is 0. The molecule has 3 nitrogen and oxygen atoms in total. The van der Waals surface area contributed by atoms with Gasteiger partial charge < -0.3 is 4.42 Å². The van der Waals surface area contributed by atoms with Gasteiger partial charge in [-0.05, 0) is 43.3 Å². The van der Waals surface area contributed by atoms with Crippen molar-refractivity contribution in [3.8, 4) is 0 Å². The molecular formula is C14H11FO3. The van der Waals surface area contributed by atoms with Gasteiger partial charge in [0.15, 0.2) is 11.5 Å². The fraction of sp³-hybridized carbons (Fsp3) is 0.143. The van der Waals surface area contributed by atoms with Crippen molar-refractivity contribution in [3.63, 3.8) is 0 Å². The van der Waals surface area contributed by atoms with Gasteiger partial charge in [-0.1, -0.05) is 0 Å². The first-order valence-electron chi connectivity index (χ1n) is 5.47. The van der Waals surface area contributed by atoms with E-state index >= 15 is 0 Å². The number of carbonyl (C=O) groups is 2. The summed E-state index contributed by atoms with van der Waals surface area (Å²) in [6, 6.07) is 8.21. The van der Waals surface area contributed by atoms with Crippen LogP contribution in [0.3, 0.4) is 0 Å². The van der Waals surface area contributed by atoms with E-state index in [4.69, 9.17) is 4.42 Å². The Morgan fingerprint density at radius 3 is 2.33 bits per heavy atom. The molecule has 0 saturated heterocycles. The Balaban J connectivity index is 2.19. The van der Waals surface area contributed by atoms with E-state index in [0.29, 0.717) is 5.56 Å². The molecule has 0 N–H and O–H groups in total. The Bertz CT molecular complexity index is 555. The molecule has 18 heavy (non-hydrogen) atoms. The fourth-order valence-electron chi connectivity index (χ4n) is 1.62. The quantitative estimate of drug-likeness (QED) is 0.615. The van der Waals surface area contributed by atoms with E-state index in [1.54, 1.807) is 6.07 Å². The lowest BCUT2D eigenvalue weighted by Crippen LogP contribution is -2.21. The van der Waals surface area contributed by atoms with Crippen molar-refractivity contribution in [1.29, 1.82) is 0 Å². The number of hydrogen-bond donors (Lipinski definition) is 0. The molecule has 0 amide bonds. The number of furan rings is 1. The first kappa shape index (κ1) is 12.2. The molecule has 4 heteroatoms. The maximum atomic E-state index is 12.7. The summed E-state index contributed by atoms with van der Waals surface area (Å²) >= 11 is 0. The smallest absolute Gasteiger partial charge is 0.208 e. The zero-order valence-electron chi connectivity index (χ0n) is 9.72. The van der Waals surface area contributed by atoms with Gasteiger partial charge in [-0.15, -0.1) is 0 Å². The third kappa shape index (κ3) is 2.37. The summed E-state index contributed by atoms with van der Waals surface area (Å²) < 4.78 is 17.7. The summed E-state index contributed by atoms with van der Waals surface area (Å²) in [5, 5.41) is 0. The molecule has 0 aliphatic heterocycles. The first-order chi connectivity index (χ1) is 8.59. The molecule has 2 rings (SSSR count). The summed E-state index contributed by atoms with van der Waals surface area (Å²) in [6.45, 7) is 1.51. The summed E-state index contributed by atoms with van der Waals surface area (Å²) in [6.07, 6.45) is 1.38. The van der Waals surface area contributed by atoms with Gasteiger partial charge in [0.1, 0.15) is 5.82 Å². The van der Waals surface area contributed by atoms with Crippen molar-refractivity contribution in [2.24, 2.45) is 5.92 Å². The zero-order valence-corrected chi connectivity index (χ0v) is 9.72. The van der Waals surface area contributed by atoms with Crippen molar-refractivity contribution in [1.82, 2.24) is 0 Å². The summed E-state index contributed by atoms with van der Waals surface area (Å²) in [5.74, 6) is -1.85. The lowest BCUT2D eigenvalue weighted by atomic mass is 9.94. The van der Waals surface area contributed by atoms with Crippen LogP contribution in [0.4, 0.5) is 4.39 Å². The molecule has 0 aliphatic rings. The van der Waals surface area contributed by atoms with Crippen molar-refractivity contribution < 1.29 is 18.4 Å². The van der Waals surface area contributed by atoms with Crippen LogP contribution in [0.15, 0.2) is 47.1 Å². The van der Waals surface area contributed by atoms with Gasteiger partial charge >= 0.3 is 0 Å². The summed E-state index contributed by atoms with van der Waals surface area (Å²) in [5.41, 5.74) is 0.309. The minimum atomic E-state index is -0.846. The highest BCUT2D eigenvalue weighted by atomic mass is 19.1. The normalized spacial score (nSPS) is 12.1. The van der Waals surface area contributed by atoms with Gasteiger partial charge in [-0.25, -0.2) is 4.39 Å². The van der Waals surface area contributed by atoms with Crippen LogP contribution < -0.4 is 0 Å². The van der Waals surface area contributed by atoms with Crippen molar-refractivity contribution in [2.45, 2.75) is 6.92 Å². The zero-order chi connectivity index (χ0) is 13.1. The van der Waals surface area contributed by atoms with Crippen LogP contribution >= 0.6 is 0 Å². The largest absolute Gasteiger partial charge is 0.461 e. The van der Waals surface area contributed by atoms with E-state index in [0.717, 1.165) is 0 Å². The van der Waals surface area contributed by atoms with E-state index in [9.17, 15) is 14.0 Å². The number of benzene rings is 1. The number of hydrogen-bond acceptors (Lipinski definition) is 3. The Kier molecular flexibility index (Phi) is 3.37. The van der Waals surface area contributed by atoms with Crippen LogP contribution in [0.5, 0.6) is 0 Å². The molecule has 92 valence electrons. The van der Waals surface area contributed by atoms with Gasteiger partial charge in [-0.2, -0.15) is 0 Å². The second kappa shape index (κ2) is 4.96. The van der Waals surface area contributed by atoms with Crippen molar-refractivity contribution in [2.75, 3.05) is 0 Å². The van der Waals surface area contributed by atoms with Crippen molar-refractivity contribution in [3.05, 3.63) is 59.8 Å². The Morgan fingerprint density at radius 2 is 1.78 bits per heavy atom. The van der Waals surface area contributed by atoms with Gasteiger partial charge in [0.2, 0.25) is 5.78 Å². The predicted octanol–water partition coefficient (Wildman–Crippen LogP) is 3.12. The highest BCUT2D eigenvalue weighted by Gasteiger charge is 2.25. The molecule has 0 bridgehead atoms. The number of carbonyl (C=O) groups excluding carboxylic acids is 2. The topological polar surface area (TPSA) is 47.3 Å². The molecule has 1 heterocycles. The first-order valence-corrected chi connectivity index (χ1v) is 5.47. The van der Waals surface area contributed by atoms with Crippen LogP contribution in [0, 0.1) is 11.7 Å². The van der Waals surface area contributed by atoms with Crippen LogP contribution in [0.2, 0.25) is 0 Å². The third-order valence-electron chi connectivity index (χ3n) is 2.68. The van der Waals surface area contributed by atoms with Gasteiger partial charge in [0, 0.05) is 5.56 Å². The monoisotopic (exact) mass is 246 g/mol. The average Bonchev–Trinajstić information content (AvgIpc) is 2.91. The van der Waals surface area contributed by atoms with Crippen molar-refractivity contribution >= 4 is 11.6 Å². The number of halogens is 1. The third-order valence-corrected chi connectivity index (χ3v) is 2.68. The molecular weight excluding hydrogens is 235 g/mol. The Hall–Kier alpha value is -2.23. The average molecular weight is 246 g/mol. The molecule has 0 radical (unpaired) electrons. The minimum absolute atomic E-state index is 0.151. The van der Waals surface area contributed by atoms with Gasteiger partial charge in [0.05, 0.1) is 12.2 Å². The van der Waals surface area contributed by atoms with E-state index in [-0.39, 0.29) is 17.3 Å². The Labute approximate surface area is 103 Å².